The molecule has 1 atom stereocenters. The molecule has 0 saturated carbocycles. The molecule has 0 spiro atoms. The number of para-hydroxylation sites is 1. The maximum Gasteiger partial charge on any atom is 0.269 e. The van der Waals surface area contributed by atoms with Gasteiger partial charge in [-0.3, -0.25) is 15.1 Å². The van der Waals surface area contributed by atoms with Crippen LogP contribution >= 0.6 is 0 Å². The average molecular weight is 385 g/mol. The molecule has 0 fully saturated rings. The Morgan fingerprint density at radius 2 is 1.62 bits per heavy atom. The number of nitro benzene ring substituents is 1. The Morgan fingerprint density at radius 1 is 0.966 bits per heavy atom. The Bertz CT molecular complexity index is 1030. The van der Waals surface area contributed by atoms with Crippen molar-refractivity contribution in [1.29, 1.82) is 0 Å². The summed E-state index contributed by atoms with van der Waals surface area (Å²) in [6.07, 6.45) is 0.744. The van der Waals surface area contributed by atoms with E-state index >= 15 is 0 Å². The van der Waals surface area contributed by atoms with Crippen molar-refractivity contribution >= 4 is 17.1 Å². The molecule has 0 saturated heterocycles. The molecule has 0 bridgehead atoms. The van der Waals surface area contributed by atoms with Gasteiger partial charge in [-0.2, -0.15) is 5.10 Å². The van der Waals surface area contributed by atoms with Crippen molar-refractivity contribution in [1.82, 2.24) is 0 Å². The molecule has 5 nitrogen and oxygen atoms in total. The molecule has 0 radical (unpaired) electrons. The van der Waals surface area contributed by atoms with Crippen LogP contribution in [0.1, 0.15) is 48.9 Å². The summed E-state index contributed by atoms with van der Waals surface area (Å²) < 4.78 is 0. The Hall–Kier alpha value is -3.47. The van der Waals surface area contributed by atoms with E-state index in [0.29, 0.717) is 5.92 Å². The van der Waals surface area contributed by atoms with Crippen LogP contribution in [0.5, 0.6) is 0 Å². The summed E-state index contributed by atoms with van der Waals surface area (Å²) in [4.78, 5) is 10.6. The van der Waals surface area contributed by atoms with E-state index in [0.717, 1.165) is 23.4 Å². The van der Waals surface area contributed by atoms with Gasteiger partial charge in [0.05, 0.1) is 22.4 Å². The highest BCUT2D eigenvalue weighted by Crippen LogP contribution is 2.37. The zero-order chi connectivity index (χ0) is 20.4. The van der Waals surface area contributed by atoms with Crippen molar-refractivity contribution in [3.63, 3.8) is 0 Å². The SMILES string of the molecule is CC(C)c1ccc([C@H]2CC(c3ccc([N+](=O)[O-])cc3)=NN2c2ccccc2)cc1. The average Bonchev–Trinajstić information content (AvgIpc) is 3.20. The fourth-order valence-electron chi connectivity index (χ4n) is 3.64. The number of anilines is 1. The lowest BCUT2D eigenvalue weighted by molar-refractivity contribution is -0.384. The third-order valence-electron chi connectivity index (χ3n) is 5.33. The number of hydrogen-bond donors (Lipinski definition) is 0. The van der Waals surface area contributed by atoms with Crippen LogP contribution in [0.15, 0.2) is 84.0 Å². The maximum absolute atomic E-state index is 11.0. The molecule has 3 aromatic carbocycles. The molecule has 0 aromatic heterocycles. The second-order valence-electron chi connectivity index (χ2n) is 7.57. The lowest BCUT2D eigenvalue weighted by atomic mass is 9.95. The van der Waals surface area contributed by atoms with Gasteiger partial charge < -0.3 is 0 Å². The van der Waals surface area contributed by atoms with Crippen LogP contribution < -0.4 is 5.01 Å². The summed E-state index contributed by atoms with van der Waals surface area (Å²) in [5.74, 6) is 0.491. The summed E-state index contributed by atoms with van der Waals surface area (Å²) in [6.45, 7) is 4.38. The van der Waals surface area contributed by atoms with Gasteiger partial charge in [0.25, 0.3) is 5.69 Å². The number of hydrogen-bond acceptors (Lipinski definition) is 4. The molecule has 0 aliphatic carbocycles. The minimum Gasteiger partial charge on any atom is -0.258 e. The topological polar surface area (TPSA) is 58.7 Å². The smallest absolute Gasteiger partial charge is 0.258 e. The molecule has 5 heteroatoms. The second kappa shape index (κ2) is 7.87. The van der Waals surface area contributed by atoms with E-state index in [4.69, 9.17) is 5.10 Å². The van der Waals surface area contributed by atoms with E-state index in [1.54, 1.807) is 12.1 Å². The fourth-order valence-corrected chi connectivity index (χ4v) is 3.64. The van der Waals surface area contributed by atoms with Gasteiger partial charge in [-0.1, -0.05) is 56.3 Å². The number of nitrogens with zero attached hydrogens (tertiary/aromatic N) is 3. The summed E-state index contributed by atoms with van der Waals surface area (Å²) >= 11 is 0. The number of benzene rings is 3. The third-order valence-corrected chi connectivity index (χ3v) is 5.33. The highest BCUT2D eigenvalue weighted by molar-refractivity contribution is 6.03. The standard InChI is InChI=1S/C24H23N3O2/c1-17(2)18-8-10-20(11-9-18)24-16-23(19-12-14-22(15-13-19)27(28)29)25-26(24)21-6-4-3-5-7-21/h3-15,17,24H,16H2,1-2H3/t24-/m1/s1. The predicted molar refractivity (Wildman–Crippen MR) is 116 cm³/mol. The Labute approximate surface area is 170 Å². The minimum absolute atomic E-state index is 0.0869. The maximum atomic E-state index is 11.0. The largest absolute Gasteiger partial charge is 0.269 e. The third kappa shape index (κ3) is 3.90. The number of hydrazone groups is 1. The van der Waals surface area contributed by atoms with E-state index in [9.17, 15) is 10.1 Å². The van der Waals surface area contributed by atoms with Crippen molar-refractivity contribution in [3.05, 3.63) is 106 Å². The second-order valence-corrected chi connectivity index (χ2v) is 7.57. The van der Waals surface area contributed by atoms with Crippen molar-refractivity contribution in [2.45, 2.75) is 32.2 Å². The van der Waals surface area contributed by atoms with E-state index in [1.807, 2.05) is 18.2 Å². The zero-order valence-electron chi connectivity index (χ0n) is 16.5. The van der Waals surface area contributed by atoms with Crippen molar-refractivity contribution in [2.75, 3.05) is 5.01 Å². The monoisotopic (exact) mass is 385 g/mol. The van der Waals surface area contributed by atoms with Gasteiger partial charge >= 0.3 is 0 Å². The Kier molecular flexibility index (Phi) is 5.12. The fraction of sp³-hybridized carbons (Fsp3) is 0.208. The van der Waals surface area contributed by atoms with E-state index < -0.39 is 0 Å². The first-order valence-electron chi connectivity index (χ1n) is 9.79. The van der Waals surface area contributed by atoms with Crippen LogP contribution in [0.3, 0.4) is 0 Å². The van der Waals surface area contributed by atoms with Crippen molar-refractivity contribution in [3.8, 4) is 0 Å². The van der Waals surface area contributed by atoms with Gasteiger partial charge in [-0.25, -0.2) is 0 Å². The molecule has 0 unspecified atom stereocenters. The first-order chi connectivity index (χ1) is 14.0. The van der Waals surface area contributed by atoms with Crippen molar-refractivity contribution < 1.29 is 4.92 Å². The number of non-ortho nitro benzene ring substituents is 1. The molecule has 0 N–H and O–H groups in total. The molecular weight excluding hydrogens is 362 g/mol. The number of nitro groups is 1. The highest BCUT2D eigenvalue weighted by Gasteiger charge is 2.30. The first kappa shape index (κ1) is 18.9. The summed E-state index contributed by atoms with van der Waals surface area (Å²) in [5.41, 5.74) is 5.49. The van der Waals surface area contributed by atoms with E-state index in [-0.39, 0.29) is 16.7 Å². The van der Waals surface area contributed by atoms with Gasteiger partial charge in [0.2, 0.25) is 0 Å². The van der Waals surface area contributed by atoms with E-state index in [1.165, 1.54) is 23.3 Å². The molecule has 29 heavy (non-hydrogen) atoms. The first-order valence-corrected chi connectivity index (χ1v) is 9.79. The predicted octanol–water partition coefficient (Wildman–Crippen LogP) is 6.07. The zero-order valence-corrected chi connectivity index (χ0v) is 16.5. The molecule has 1 aliphatic heterocycles. The van der Waals surface area contributed by atoms with Crippen LogP contribution in [0.25, 0.3) is 0 Å². The van der Waals surface area contributed by atoms with E-state index in [2.05, 4.69) is 55.3 Å². The minimum atomic E-state index is -0.379. The van der Waals surface area contributed by atoms with Crippen LogP contribution in [-0.4, -0.2) is 10.6 Å². The van der Waals surface area contributed by atoms with Crippen LogP contribution in [0, 0.1) is 10.1 Å². The molecule has 0 amide bonds. The summed E-state index contributed by atoms with van der Waals surface area (Å²) in [5, 5.41) is 17.9. The van der Waals surface area contributed by atoms with Gasteiger partial charge in [0, 0.05) is 18.6 Å². The van der Waals surface area contributed by atoms with Crippen LogP contribution in [0.2, 0.25) is 0 Å². The lowest BCUT2D eigenvalue weighted by Crippen LogP contribution is -2.18. The van der Waals surface area contributed by atoms with Crippen LogP contribution in [-0.2, 0) is 0 Å². The van der Waals surface area contributed by atoms with Gasteiger partial charge in [0.1, 0.15) is 0 Å². The molecule has 3 aromatic rings. The van der Waals surface area contributed by atoms with Gasteiger partial charge in [-0.15, -0.1) is 0 Å². The summed E-state index contributed by atoms with van der Waals surface area (Å²) in [7, 11) is 0. The summed E-state index contributed by atoms with van der Waals surface area (Å²) in [6, 6.07) is 25.6. The highest BCUT2D eigenvalue weighted by atomic mass is 16.6. The molecule has 4 rings (SSSR count). The van der Waals surface area contributed by atoms with Crippen molar-refractivity contribution in [2.24, 2.45) is 5.10 Å². The Morgan fingerprint density at radius 3 is 2.21 bits per heavy atom. The number of rotatable bonds is 5. The normalized spacial score (nSPS) is 16.2. The molecule has 1 aliphatic rings. The lowest BCUT2D eigenvalue weighted by Gasteiger charge is -2.24. The Balaban J connectivity index is 1.69. The quantitative estimate of drug-likeness (QED) is 0.395. The van der Waals surface area contributed by atoms with Gasteiger partial charge in [-0.05, 0) is 46.9 Å². The van der Waals surface area contributed by atoms with Crippen LogP contribution in [0.4, 0.5) is 11.4 Å². The molecular formula is C24H23N3O2. The molecule has 146 valence electrons. The van der Waals surface area contributed by atoms with Gasteiger partial charge in [0.15, 0.2) is 0 Å². The molecule has 1 heterocycles.